The molecule has 0 aliphatic rings. The quantitative estimate of drug-likeness (QED) is 0.667. The van der Waals surface area contributed by atoms with Crippen LogP contribution in [0.15, 0.2) is 36.4 Å². The second kappa shape index (κ2) is 9.54. The second-order valence-electron chi connectivity index (χ2n) is 6.01. The highest BCUT2D eigenvalue weighted by Gasteiger charge is 2.13. The van der Waals surface area contributed by atoms with E-state index in [1.165, 1.54) is 5.56 Å². The summed E-state index contributed by atoms with van der Waals surface area (Å²) in [6, 6.07) is 11.9. The summed E-state index contributed by atoms with van der Waals surface area (Å²) in [6.45, 7) is 5.46. The van der Waals surface area contributed by atoms with Gasteiger partial charge in [-0.05, 0) is 56.1 Å². The predicted molar refractivity (Wildman–Crippen MR) is 102 cm³/mol. The van der Waals surface area contributed by atoms with E-state index < -0.39 is 0 Å². The first-order chi connectivity index (χ1) is 12.0. The predicted octanol–water partition coefficient (Wildman–Crippen LogP) is 4.48. The number of para-hydroxylation sites is 1. The molecule has 0 bridgehead atoms. The molecule has 0 saturated heterocycles. The lowest BCUT2D eigenvalue weighted by Gasteiger charge is -2.16. The SMILES string of the molecule is COc1ccccc1CCNCc1cc(Cl)c(OC(C)C)c(OC)c1. The van der Waals surface area contributed by atoms with Crippen molar-refractivity contribution in [3.8, 4) is 17.2 Å². The summed E-state index contributed by atoms with van der Waals surface area (Å²) in [5.74, 6) is 2.17. The highest BCUT2D eigenvalue weighted by molar-refractivity contribution is 6.32. The molecule has 0 radical (unpaired) electrons. The standard InChI is InChI=1S/C20H26ClNO3/c1-14(2)25-20-17(21)11-15(12-19(20)24-4)13-22-10-9-16-7-5-6-8-18(16)23-3/h5-8,11-12,14,22H,9-10,13H2,1-4H3. The van der Waals surface area contributed by atoms with E-state index in [0.717, 1.165) is 24.3 Å². The summed E-state index contributed by atoms with van der Waals surface area (Å²) in [7, 11) is 3.32. The zero-order valence-corrected chi connectivity index (χ0v) is 16.0. The van der Waals surface area contributed by atoms with Gasteiger partial charge in [0.05, 0.1) is 25.3 Å². The van der Waals surface area contributed by atoms with Gasteiger partial charge in [0, 0.05) is 6.54 Å². The second-order valence-corrected chi connectivity index (χ2v) is 6.42. The van der Waals surface area contributed by atoms with Crippen LogP contribution in [0.25, 0.3) is 0 Å². The number of hydrogen-bond donors (Lipinski definition) is 1. The molecule has 0 fully saturated rings. The van der Waals surface area contributed by atoms with Gasteiger partial charge in [0.25, 0.3) is 0 Å². The summed E-state index contributed by atoms with van der Waals surface area (Å²) in [4.78, 5) is 0. The van der Waals surface area contributed by atoms with Crippen molar-refractivity contribution in [3.63, 3.8) is 0 Å². The molecular formula is C20H26ClNO3. The maximum Gasteiger partial charge on any atom is 0.180 e. The average molecular weight is 364 g/mol. The van der Waals surface area contributed by atoms with Crippen molar-refractivity contribution < 1.29 is 14.2 Å². The van der Waals surface area contributed by atoms with Gasteiger partial charge in [-0.2, -0.15) is 0 Å². The van der Waals surface area contributed by atoms with E-state index in [1.54, 1.807) is 14.2 Å². The van der Waals surface area contributed by atoms with Gasteiger partial charge in [0.1, 0.15) is 5.75 Å². The highest BCUT2D eigenvalue weighted by Crippen LogP contribution is 2.37. The van der Waals surface area contributed by atoms with Crippen LogP contribution in [0.2, 0.25) is 5.02 Å². The Morgan fingerprint density at radius 1 is 1.04 bits per heavy atom. The molecule has 0 aliphatic carbocycles. The van der Waals surface area contributed by atoms with Crippen LogP contribution in [0.3, 0.4) is 0 Å². The van der Waals surface area contributed by atoms with E-state index >= 15 is 0 Å². The van der Waals surface area contributed by atoms with E-state index in [4.69, 9.17) is 25.8 Å². The van der Waals surface area contributed by atoms with Gasteiger partial charge in [0.2, 0.25) is 0 Å². The van der Waals surface area contributed by atoms with Crippen LogP contribution in [0.5, 0.6) is 17.2 Å². The van der Waals surface area contributed by atoms with Crippen molar-refractivity contribution in [2.45, 2.75) is 32.9 Å². The Hall–Kier alpha value is -1.91. The van der Waals surface area contributed by atoms with Gasteiger partial charge in [-0.15, -0.1) is 0 Å². The number of ether oxygens (including phenoxy) is 3. The molecule has 0 spiro atoms. The molecule has 2 aromatic carbocycles. The molecule has 0 saturated carbocycles. The third kappa shape index (κ3) is 5.55. The fraction of sp³-hybridized carbons (Fsp3) is 0.400. The molecule has 136 valence electrons. The number of hydrogen-bond acceptors (Lipinski definition) is 4. The fourth-order valence-electron chi connectivity index (χ4n) is 2.59. The maximum absolute atomic E-state index is 6.36. The Bertz CT molecular complexity index is 689. The minimum Gasteiger partial charge on any atom is -0.496 e. The summed E-state index contributed by atoms with van der Waals surface area (Å²) >= 11 is 6.36. The van der Waals surface area contributed by atoms with Crippen LogP contribution in [-0.4, -0.2) is 26.9 Å². The molecule has 0 aliphatic heterocycles. The Balaban J connectivity index is 1.95. The van der Waals surface area contributed by atoms with Gasteiger partial charge < -0.3 is 19.5 Å². The van der Waals surface area contributed by atoms with Gasteiger partial charge in [-0.25, -0.2) is 0 Å². The van der Waals surface area contributed by atoms with Crippen molar-refractivity contribution in [2.75, 3.05) is 20.8 Å². The van der Waals surface area contributed by atoms with Gasteiger partial charge >= 0.3 is 0 Å². The third-order valence-corrected chi connectivity index (χ3v) is 4.02. The number of methoxy groups -OCH3 is 2. The molecular weight excluding hydrogens is 338 g/mol. The maximum atomic E-state index is 6.36. The molecule has 5 heteroatoms. The lowest BCUT2D eigenvalue weighted by molar-refractivity contribution is 0.230. The van der Waals surface area contributed by atoms with Crippen LogP contribution >= 0.6 is 11.6 Å². The molecule has 2 aromatic rings. The summed E-state index contributed by atoms with van der Waals surface area (Å²) in [6.07, 6.45) is 0.930. The van der Waals surface area contributed by atoms with E-state index in [9.17, 15) is 0 Å². The van der Waals surface area contributed by atoms with Crippen LogP contribution < -0.4 is 19.5 Å². The number of halogens is 1. The monoisotopic (exact) mass is 363 g/mol. The van der Waals surface area contributed by atoms with Gasteiger partial charge in [-0.3, -0.25) is 0 Å². The van der Waals surface area contributed by atoms with Crippen molar-refractivity contribution in [1.29, 1.82) is 0 Å². The first-order valence-corrected chi connectivity index (χ1v) is 8.78. The normalized spacial score (nSPS) is 10.8. The van der Waals surface area contributed by atoms with Crippen molar-refractivity contribution >= 4 is 11.6 Å². The molecule has 0 unspecified atom stereocenters. The van der Waals surface area contributed by atoms with Crippen LogP contribution in [0.1, 0.15) is 25.0 Å². The number of benzene rings is 2. The topological polar surface area (TPSA) is 39.7 Å². The largest absolute Gasteiger partial charge is 0.496 e. The summed E-state index contributed by atoms with van der Waals surface area (Å²) in [5.41, 5.74) is 2.24. The Kier molecular flexibility index (Phi) is 7.41. The lowest BCUT2D eigenvalue weighted by atomic mass is 10.1. The van der Waals surface area contributed by atoms with Crippen molar-refractivity contribution in [3.05, 3.63) is 52.5 Å². The molecule has 0 heterocycles. The molecule has 0 amide bonds. The molecule has 2 rings (SSSR count). The third-order valence-electron chi connectivity index (χ3n) is 3.74. The van der Waals surface area contributed by atoms with E-state index in [0.29, 0.717) is 23.1 Å². The van der Waals surface area contributed by atoms with Crippen LogP contribution in [-0.2, 0) is 13.0 Å². The fourth-order valence-corrected chi connectivity index (χ4v) is 2.87. The first kappa shape index (κ1) is 19.4. The minimum absolute atomic E-state index is 0.0382. The molecule has 0 aromatic heterocycles. The minimum atomic E-state index is 0.0382. The van der Waals surface area contributed by atoms with Crippen molar-refractivity contribution in [1.82, 2.24) is 5.32 Å². The Labute approximate surface area is 155 Å². The van der Waals surface area contributed by atoms with Crippen LogP contribution in [0, 0.1) is 0 Å². The molecule has 1 N–H and O–H groups in total. The van der Waals surface area contributed by atoms with Crippen LogP contribution in [0.4, 0.5) is 0 Å². The van der Waals surface area contributed by atoms with Gasteiger partial charge in [-0.1, -0.05) is 29.8 Å². The zero-order valence-electron chi connectivity index (χ0n) is 15.3. The van der Waals surface area contributed by atoms with E-state index in [-0.39, 0.29) is 6.10 Å². The Morgan fingerprint density at radius 3 is 2.44 bits per heavy atom. The molecule has 0 atom stereocenters. The summed E-state index contributed by atoms with van der Waals surface area (Å²) in [5, 5.41) is 3.99. The first-order valence-electron chi connectivity index (χ1n) is 8.40. The summed E-state index contributed by atoms with van der Waals surface area (Å²) < 4.78 is 16.5. The van der Waals surface area contributed by atoms with E-state index in [1.807, 2.05) is 44.2 Å². The van der Waals surface area contributed by atoms with Gasteiger partial charge in [0.15, 0.2) is 11.5 Å². The average Bonchev–Trinajstić information content (AvgIpc) is 2.60. The molecule has 4 nitrogen and oxygen atoms in total. The zero-order chi connectivity index (χ0) is 18.2. The smallest absolute Gasteiger partial charge is 0.180 e. The lowest BCUT2D eigenvalue weighted by Crippen LogP contribution is -2.17. The molecule has 25 heavy (non-hydrogen) atoms. The highest BCUT2D eigenvalue weighted by atomic mass is 35.5. The number of rotatable bonds is 9. The Morgan fingerprint density at radius 2 is 1.76 bits per heavy atom. The van der Waals surface area contributed by atoms with E-state index in [2.05, 4.69) is 11.4 Å². The number of nitrogens with one attached hydrogen (secondary N) is 1. The van der Waals surface area contributed by atoms with Crippen molar-refractivity contribution in [2.24, 2.45) is 0 Å².